The van der Waals surface area contributed by atoms with E-state index in [-0.39, 0.29) is 0 Å². The number of aryl methyl sites for hydroxylation is 2. The number of fused-ring (bicyclic) bond motifs is 1. The molecule has 0 saturated heterocycles. The lowest BCUT2D eigenvalue weighted by Crippen LogP contribution is -1.99. The minimum atomic E-state index is 0.451. The van der Waals surface area contributed by atoms with Crippen molar-refractivity contribution >= 4 is 22.5 Å². The Morgan fingerprint density at radius 2 is 2.09 bits per heavy atom. The molecule has 3 rings (SSSR count). The first kappa shape index (κ1) is 15.5. The van der Waals surface area contributed by atoms with Crippen LogP contribution in [0.15, 0.2) is 48.7 Å². The molecule has 0 bridgehead atoms. The van der Waals surface area contributed by atoms with Crippen molar-refractivity contribution in [2.24, 2.45) is 0 Å². The van der Waals surface area contributed by atoms with E-state index in [0.717, 1.165) is 32.8 Å². The molecule has 1 aromatic heterocycles. The summed E-state index contributed by atoms with van der Waals surface area (Å²) < 4.78 is 7.99. The second kappa shape index (κ2) is 6.76. The topological polar surface area (TPSA) is 38.0 Å². The summed E-state index contributed by atoms with van der Waals surface area (Å²) in [6.45, 7) is 3.19. The first-order valence-corrected chi connectivity index (χ1v) is 7.89. The number of hydrogen-bond donors (Lipinski definition) is 0. The fourth-order valence-corrected chi connectivity index (χ4v) is 2.91. The SMILES string of the molecule is Cc1cccc(Cl)c1COc1ccc2c(ccn2CCC#N)c1. The van der Waals surface area contributed by atoms with Crippen LogP contribution in [0.1, 0.15) is 17.5 Å². The molecule has 3 aromatic rings. The van der Waals surface area contributed by atoms with Crippen molar-refractivity contribution in [1.82, 2.24) is 4.57 Å². The summed E-state index contributed by atoms with van der Waals surface area (Å²) in [4.78, 5) is 0. The van der Waals surface area contributed by atoms with E-state index in [9.17, 15) is 0 Å². The highest BCUT2D eigenvalue weighted by Gasteiger charge is 2.06. The predicted molar refractivity (Wildman–Crippen MR) is 92.7 cm³/mol. The fourth-order valence-electron chi connectivity index (χ4n) is 2.64. The zero-order valence-electron chi connectivity index (χ0n) is 12.9. The molecule has 0 fully saturated rings. The average Bonchev–Trinajstić information content (AvgIpc) is 2.95. The minimum Gasteiger partial charge on any atom is -0.489 e. The van der Waals surface area contributed by atoms with Crippen molar-refractivity contribution < 1.29 is 4.74 Å². The molecule has 0 aliphatic carbocycles. The van der Waals surface area contributed by atoms with Gasteiger partial charge in [0, 0.05) is 34.2 Å². The van der Waals surface area contributed by atoms with Gasteiger partial charge >= 0.3 is 0 Å². The van der Waals surface area contributed by atoms with Gasteiger partial charge in [0.05, 0.1) is 12.5 Å². The van der Waals surface area contributed by atoms with E-state index in [1.165, 1.54) is 0 Å². The van der Waals surface area contributed by atoms with Crippen LogP contribution in [0, 0.1) is 18.3 Å². The Kier molecular flexibility index (Phi) is 4.55. The zero-order valence-corrected chi connectivity index (χ0v) is 13.7. The van der Waals surface area contributed by atoms with Gasteiger partial charge in [-0.2, -0.15) is 5.26 Å². The number of benzene rings is 2. The highest BCUT2D eigenvalue weighted by Crippen LogP contribution is 2.25. The summed E-state index contributed by atoms with van der Waals surface area (Å²) in [5, 5.41) is 10.5. The van der Waals surface area contributed by atoms with Crippen LogP contribution in [0.3, 0.4) is 0 Å². The van der Waals surface area contributed by atoms with Crippen molar-refractivity contribution in [2.75, 3.05) is 0 Å². The number of halogens is 1. The Hall–Kier alpha value is -2.44. The number of nitriles is 1. The molecule has 0 aliphatic heterocycles. The van der Waals surface area contributed by atoms with Crippen LogP contribution in [0.25, 0.3) is 10.9 Å². The van der Waals surface area contributed by atoms with Crippen molar-refractivity contribution in [1.29, 1.82) is 5.26 Å². The summed E-state index contributed by atoms with van der Waals surface area (Å²) in [5.74, 6) is 0.815. The molecule has 23 heavy (non-hydrogen) atoms. The van der Waals surface area contributed by atoms with Gasteiger partial charge < -0.3 is 9.30 Å². The summed E-state index contributed by atoms with van der Waals surface area (Å²) >= 11 is 6.23. The van der Waals surface area contributed by atoms with Crippen LogP contribution in [0.2, 0.25) is 5.02 Å². The van der Waals surface area contributed by atoms with E-state index >= 15 is 0 Å². The smallest absolute Gasteiger partial charge is 0.120 e. The molecule has 0 amide bonds. The molecule has 3 nitrogen and oxygen atoms in total. The van der Waals surface area contributed by atoms with Gasteiger partial charge in [0.25, 0.3) is 0 Å². The van der Waals surface area contributed by atoms with Crippen LogP contribution in [-0.4, -0.2) is 4.57 Å². The number of ether oxygens (including phenoxy) is 1. The predicted octanol–water partition coefficient (Wildman–Crippen LogP) is 5.10. The number of rotatable bonds is 5. The molecular weight excluding hydrogens is 308 g/mol. The van der Waals surface area contributed by atoms with Gasteiger partial charge in [0.15, 0.2) is 0 Å². The summed E-state index contributed by atoms with van der Waals surface area (Å²) in [7, 11) is 0. The van der Waals surface area contributed by atoms with Gasteiger partial charge in [0.2, 0.25) is 0 Å². The van der Waals surface area contributed by atoms with Crippen LogP contribution in [-0.2, 0) is 13.2 Å². The van der Waals surface area contributed by atoms with Gasteiger partial charge in [-0.25, -0.2) is 0 Å². The van der Waals surface area contributed by atoms with Crippen LogP contribution < -0.4 is 4.74 Å². The van der Waals surface area contributed by atoms with Crippen molar-refractivity contribution in [3.8, 4) is 11.8 Å². The van der Waals surface area contributed by atoms with Gasteiger partial charge in [-0.05, 0) is 42.8 Å². The molecule has 0 radical (unpaired) electrons. The lowest BCUT2D eigenvalue weighted by molar-refractivity contribution is 0.306. The number of aromatic nitrogens is 1. The van der Waals surface area contributed by atoms with E-state index < -0.39 is 0 Å². The molecule has 0 N–H and O–H groups in total. The minimum absolute atomic E-state index is 0.451. The van der Waals surface area contributed by atoms with E-state index in [1.54, 1.807) is 0 Å². The van der Waals surface area contributed by atoms with Crippen LogP contribution in [0.5, 0.6) is 5.75 Å². The quantitative estimate of drug-likeness (QED) is 0.655. The monoisotopic (exact) mass is 324 g/mol. The van der Waals surface area contributed by atoms with Gasteiger partial charge in [-0.1, -0.05) is 23.7 Å². The second-order valence-electron chi connectivity index (χ2n) is 5.46. The maximum atomic E-state index is 8.71. The van der Waals surface area contributed by atoms with Crippen LogP contribution >= 0.6 is 11.6 Å². The largest absolute Gasteiger partial charge is 0.489 e. The normalized spacial score (nSPS) is 10.7. The van der Waals surface area contributed by atoms with E-state index in [0.29, 0.717) is 19.6 Å². The maximum Gasteiger partial charge on any atom is 0.120 e. The molecule has 0 saturated carbocycles. The molecule has 0 spiro atoms. The Balaban J connectivity index is 1.78. The molecule has 0 atom stereocenters. The Morgan fingerprint density at radius 3 is 2.87 bits per heavy atom. The van der Waals surface area contributed by atoms with Crippen molar-refractivity contribution in [3.05, 3.63) is 64.8 Å². The van der Waals surface area contributed by atoms with E-state index in [2.05, 4.69) is 10.6 Å². The van der Waals surface area contributed by atoms with E-state index in [1.807, 2.05) is 55.6 Å². The van der Waals surface area contributed by atoms with Crippen molar-refractivity contribution in [2.45, 2.75) is 26.5 Å². The Labute approximate surface area is 140 Å². The molecular formula is C19H17ClN2O. The molecule has 0 unspecified atom stereocenters. The van der Waals surface area contributed by atoms with Crippen LogP contribution in [0.4, 0.5) is 0 Å². The number of hydrogen-bond acceptors (Lipinski definition) is 2. The second-order valence-corrected chi connectivity index (χ2v) is 5.87. The third kappa shape index (κ3) is 3.33. The van der Waals surface area contributed by atoms with Crippen molar-refractivity contribution in [3.63, 3.8) is 0 Å². The summed E-state index contributed by atoms with van der Waals surface area (Å²) in [5.41, 5.74) is 3.25. The average molecular weight is 325 g/mol. The zero-order chi connectivity index (χ0) is 16.2. The first-order chi connectivity index (χ1) is 11.2. The van der Waals surface area contributed by atoms with Gasteiger partial charge in [0.1, 0.15) is 12.4 Å². The third-order valence-electron chi connectivity index (χ3n) is 3.94. The third-order valence-corrected chi connectivity index (χ3v) is 4.30. The molecule has 1 heterocycles. The lowest BCUT2D eigenvalue weighted by atomic mass is 10.1. The first-order valence-electron chi connectivity index (χ1n) is 7.51. The Morgan fingerprint density at radius 1 is 1.22 bits per heavy atom. The number of nitrogens with zero attached hydrogens (tertiary/aromatic N) is 2. The highest BCUT2D eigenvalue weighted by atomic mass is 35.5. The maximum absolute atomic E-state index is 8.71. The summed E-state index contributed by atoms with van der Waals surface area (Å²) in [6, 6.07) is 16.1. The van der Waals surface area contributed by atoms with E-state index in [4.69, 9.17) is 21.6 Å². The molecule has 0 aliphatic rings. The lowest BCUT2D eigenvalue weighted by Gasteiger charge is -2.11. The standard InChI is InChI=1S/C19H17ClN2O/c1-14-4-2-5-18(20)17(14)13-23-16-6-7-19-15(12-16)8-11-22(19)10-3-9-21/h2,4-8,11-12H,3,10,13H2,1H3. The molecule has 2 aromatic carbocycles. The van der Waals surface area contributed by atoms with Gasteiger partial charge in [-0.3, -0.25) is 0 Å². The highest BCUT2D eigenvalue weighted by molar-refractivity contribution is 6.31. The van der Waals surface area contributed by atoms with Gasteiger partial charge in [-0.15, -0.1) is 0 Å². The molecule has 116 valence electrons. The Bertz CT molecular complexity index is 856. The molecule has 4 heteroatoms. The summed E-state index contributed by atoms with van der Waals surface area (Å²) in [6.07, 6.45) is 2.51. The fraction of sp³-hybridized carbons (Fsp3) is 0.211.